The van der Waals surface area contributed by atoms with Gasteiger partial charge >= 0.3 is 50.5 Å². The second-order valence-corrected chi connectivity index (χ2v) is 6.88. The van der Waals surface area contributed by atoms with Gasteiger partial charge in [0.1, 0.15) is 0 Å². The van der Waals surface area contributed by atoms with Crippen LogP contribution in [0, 0.1) is 0 Å². The molecule has 0 spiro atoms. The van der Waals surface area contributed by atoms with Gasteiger partial charge in [-0.1, -0.05) is 36.4 Å². The van der Waals surface area contributed by atoms with Crippen LogP contribution < -0.4 is 10.3 Å². The van der Waals surface area contributed by atoms with Crippen molar-refractivity contribution in [3.63, 3.8) is 0 Å². The third-order valence-electron chi connectivity index (χ3n) is 3.65. The maximum absolute atomic E-state index is 12.5. The summed E-state index contributed by atoms with van der Waals surface area (Å²) in [6.45, 7) is 0. The number of nitrogens with one attached hydrogen (secondary N) is 1. The number of amidine groups is 1. The van der Waals surface area contributed by atoms with E-state index in [1.165, 1.54) is 24.3 Å². The average Bonchev–Trinajstić information content (AvgIpc) is 2.89. The van der Waals surface area contributed by atoms with Gasteiger partial charge < -0.3 is 10.4 Å². The predicted octanol–water partition coefficient (Wildman–Crippen LogP) is -0.295. The van der Waals surface area contributed by atoms with Gasteiger partial charge in [-0.3, -0.25) is 14.1 Å². The Morgan fingerprint density at radius 1 is 1.04 bits per heavy atom. The first-order chi connectivity index (χ1) is 12.2. The van der Waals surface area contributed by atoms with Crippen molar-refractivity contribution >= 4 is 63.0 Å². The Labute approximate surface area is 176 Å². The third kappa shape index (κ3) is 3.81. The Bertz CT molecular complexity index is 997. The molecule has 1 unspecified atom stereocenters. The van der Waals surface area contributed by atoms with Crippen molar-refractivity contribution in [2.75, 3.05) is 5.01 Å². The zero-order valence-electron chi connectivity index (χ0n) is 13.1. The number of hydrogen-bond donors (Lipinski definition) is 3. The molecule has 136 valence electrons. The summed E-state index contributed by atoms with van der Waals surface area (Å²) < 4.78 is 32.8. The van der Waals surface area contributed by atoms with Gasteiger partial charge in [0.25, 0.3) is 5.91 Å². The Hall–Kier alpha value is -2.08. The number of amides is 2. The number of nitrogens with zero attached hydrogens (tertiary/aromatic N) is 2. The van der Waals surface area contributed by atoms with E-state index in [0.717, 1.165) is 0 Å². The number of anilines is 1. The summed E-state index contributed by atoms with van der Waals surface area (Å²) in [6, 6.07) is 15.3. The molecule has 11 heteroatoms. The van der Waals surface area contributed by atoms with E-state index < -0.39 is 32.7 Å². The maximum atomic E-state index is 12.5. The summed E-state index contributed by atoms with van der Waals surface area (Å²) in [4.78, 5) is 21.3. The Balaban J connectivity index is 0.00000261. The van der Waals surface area contributed by atoms with Gasteiger partial charge in [-0.25, -0.2) is 0 Å². The first kappa shape index (κ1) is 21.2. The van der Waals surface area contributed by atoms with Crippen molar-refractivity contribution in [3.05, 3.63) is 66.2 Å². The van der Waals surface area contributed by atoms with Crippen LogP contribution in [0.2, 0.25) is 0 Å². The first-order valence-electron chi connectivity index (χ1n) is 7.29. The van der Waals surface area contributed by atoms with E-state index in [1.807, 2.05) is 0 Å². The van der Waals surface area contributed by atoms with Crippen molar-refractivity contribution in [1.29, 1.82) is 0 Å². The van der Waals surface area contributed by atoms with Gasteiger partial charge in [0, 0.05) is 5.56 Å². The molecule has 3 N–H and O–H groups in total. The quantitative estimate of drug-likeness (QED) is 0.479. The van der Waals surface area contributed by atoms with E-state index in [-0.39, 0.29) is 40.8 Å². The topological polar surface area (TPSA) is 136 Å². The van der Waals surface area contributed by atoms with E-state index in [9.17, 15) is 27.7 Å². The Morgan fingerprint density at radius 2 is 1.56 bits per heavy atom. The molecule has 0 bridgehead atoms. The molecule has 1 aliphatic rings. The fourth-order valence-corrected chi connectivity index (χ4v) is 2.96. The van der Waals surface area contributed by atoms with Crippen LogP contribution in [0.25, 0.3) is 0 Å². The minimum absolute atomic E-state index is 0. The van der Waals surface area contributed by atoms with Gasteiger partial charge in [-0.05, 0) is 24.3 Å². The SMILES string of the molecule is O=C(NC1=NN(c2ccccc2)C(=O)C1(O)S(=O)(=O)O)c1ccccc1.[NaH]. The normalized spacial score (nSPS) is 19.3. The molecule has 0 saturated carbocycles. The van der Waals surface area contributed by atoms with Crippen LogP contribution in [-0.2, 0) is 14.9 Å². The Morgan fingerprint density at radius 3 is 2.07 bits per heavy atom. The Kier molecular flexibility index (Phi) is 6.20. The fourth-order valence-electron chi connectivity index (χ4n) is 2.31. The monoisotopic (exact) mass is 399 g/mol. The third-order valence-corrected chi connectivity index (χ3v) is 4.76. The average molecular weight is 399 g/mol. The molecule has 0 aromatic heterocycles. The van der Waals surface area contributed by atoms with E-state index in [2.05, 4.69) is 10.4 Å². The zero-order chi connectivity index (χ0) is 18.9. The molecule has 1 heterocycles. The van der Waals surface area contributed by atoms with Gasteiger partial charge in [0.05, 0.1) is 5.69 Å². The number of aliphatic hydroxyl groups is 1. The summed E-state index contributed by atoms with van der Waals surface area (Å²) in [6.07, 6.45) is 0. The van der Waals surface area contributed by atoms with Crippen LogP contribution in [0.5, 0.6) is 0 Å². The van der Waals surface area contributed by atoms with Crippen molar-refractivity contribution < 1.29 is 27.7 Å². The van der Waals surface area contributed by atoms with Gasteiger partial charge in [-0.2, -0.15) is 13.4 Å². The van der Waals surface area contributed by atoms with E-state index in [4.69, 9.17) is 0 Å². The second-order valence-electron chi connectivity index (χ2n) is 5.34. The van der Waals surface area contributed by atoms with E-state index in [1.54, 1.807) is 36.4 Å². The molecule has 0 aliphatic carbocycles. The standard InChI is InChI=1S/C16H13N3O6S.Na.H/c20-13(11-7-3-1-4-8-11)17-14-16(22,26(23,24)25)15(21)19(18-14)12-9-5-2-6-10-12;;/h1-10,22H,(H,17,18,20)(H,23,24,25);;. The van der Waals surface area contributed by atoms with Crippen LogP contribution in [-0.4, -0.2) is 70.2 Å². The predicted molar refractivity (Wildman–Crippen MR) is 98.9 cm³/mol. The molecular weight excluding hydrogens is 385 g/mol. The summed E-state index contributed by atoms with van der Waals surface area (Å²) in [5.74, 6) is -3.16. The van der Waals surface area contributed by atoms with Gasteiger partial charge in [-0.15, -0.1) is 5.10 Å². The second kappa shape index (κ2) is 7.89. The van der Waals surface area contributed by atoms with Crippen molar-refractivity contribution in [3.8, 4) is 0 Å². The molecular formula is C16H14N3NaO6S. The van der Waals surface area contributed by atoms with Crippen molar-refractivity contribution in [2.45, 2.75) is 4.93 Å². The summed E-state index contributed by atoms with van der Waals surface area (Å²) in [7, 11) is -5.35. The van der Waals surface area contributed by atoms with Crippen molar-refractivity contribution in [1.82, 2.24) is 5.32 Å². The summed E-state index contributed by atoms with van der Waals surface area (Å²) >= 11 is 0. The van der Waals surface area contributed by atoms with Crippen LogP contribution in [0.1, 0.15) is 10.4 Å². The summed E-state index contributed by atoms with van der Waals surface area (Å²) in [5.41, 5.74) is 0.280. The van der Waals surface area contributed by atoms with Crippen LogP contribution in [0.3, 0.4) is 0 Å². The van der Waals surface area contributed by atoms with Crippen LogP contribution >= 0.6 is 0 Å². The number of benzene rings is 2. The number of hydrazone groups is 1. The number of hydrogen-bond acceptors (Lipinski definition) is 6. The molecule has 27 heavy (non-hydrogen) atoms. The molecule has 0 radical (unpaired) electrons. The number of rotatable bonds is 3. The molecule has 9 nitrogen and oxygen atoms in total. The summed E-state index contributed by atoms with van der Waals surface area (Å²) in [5, 5.41) is 16.8. The van der Waals surface area contributed by atoms with E-state index >= 15 is 0 Å². The molecule has 0 fully saturated rings. The number of carbonyl (C=O) groups excluding carboxylic acids is 2. The van der Waals surface area contributed by atoms with Crippen LogP contribution in [0.4, 0.5) is 5.69 Å². The van der Waals surface area contributed by atoms with E-state index in [0.29, 0.717) is 5.01 Å². The molecule has 0 saturated heterocycles. The molecule has 2 aromatic rings. The molecule has 1 aliphatic heterocycles. The van der Waals surface area contributed by atoms with Gasteiger partial charge in [0.2, 0.25) is 0 Å². The van der Waals surface area contributed by atoms with Crippen molar-refractivity contribution in [2.24, 2.45) is 5.10 Å². The number of carbonyl (C=O) groups is 2. The molecule has 2 aromatic carbocycles. The zero-order valence-corrected chi connectivity index (χ0v) is 13.9. The first-order valence-corrected chi connectivity index (χ1v) is 8.73. The minimum atomic E-state index is -5.35. The molecule has 1 atom stereocenters. The molecule has 2 amide bonds. The fraction of sp³-hybridized carbons (Fsp3) is 0.0625. The number of para-hydroxylation sites is 1. The molecule has 3 rings (SSSR count). The van der Waals surface area contributed by atoms with Gasteiger partial charge in [0.15, 0.2) is 5.84 Å². The van der Waals surface area contributed by atoms with Crippen LogP contribution in [0.15, 0.2) is 65.8 Å².